The molecular weight excluding hydrogens is 172 g/mol. The molecule has 0 aromatic heterocycles. The maximum Gasteiger partial charge on any atom is 0.0193 e. The van der Waals surface area contributed by atoms with Crippen LogP contribution in [-0.4, -0.2) is 37.1 Å². The van der Waals surface area contributed by atoms with Gasteiger partial charge in [-0.05, 0) is 32.1 Å². The van der Waals surface area contributed by atoms with Crippen molar-refractivity contribution in [2.45, 2.75) is 32.2 Å². The van der Waals surface area contributed by atoms with Crippen molar-refractivity contribution in [1.82, 2.24) is 10.2 Å². The van der Waals surface area contributed by atoms with Gasteiger partial charge in [0.05, 0.1) is 0 Å². The summed E-state index contributed by atoms with van der Waals surface area (Å²) in [5.74, 6) is 0.917. The van der Waals surface area contributed by atoms with Gasteiger partial charge in [0, 0.05) is 32.2 Å². The van der Waals surface area contributed by atoms with Gasteiger partial charge in [-0.3, -0.25) is 4.90 Å². The fourth-order valence-corrected chi connectivity index (χ4v) is 2.51. The SMILES string of the molecule is CC1CNCCN1CC1CC=CCC1. The highest BCUT2D eigenvalue weighted by molar-refractivity contribution is 4.91. The Kier molecular flexibility index (Phi) is 3.60. The molecule has 1 saturated heterocycles. The van der Waals surface area contributed by atoms with E-state index >= 15 is 0 Å². The number of nitrogens with one attached hydrogen (secondary N) is 1. The van der Waals surface area contributed by atoms with Crippen molar-refractivity contribution in [3.63, 3.8) is 0 Å². The molecule has 1 fully saturated rings. The molecule has 2 heteroatoms. The Morgan fingerprint density at radius 1 is 1.43 bits per heavy atom. The molecule has 2 rings (SSSR count). The van der Waals surface area contributed by atoms with Crippen LogP contribution in [0.25, 0.3) is 0 Å². The molecule has 1 aliphatic heterocycles. The molecule has 2 nitrogen and oxygen atoms in total. The first kappa shape index (κ1) is 10.2. The number of piperazine rings is 1. The molecule has 2 aliphatic rings. The van der Waals surface area contributed by atoms with Crippen LogP contribution in [-0.2, 0) is 0 Å². The molecule has 0 spiro atoms. The van der Waals surface area contributed by atoms with Gasteiger partial charge >= 0.3 is 0 Å². The zero-order valence-corrected chi connectivity index (χ0v) is 9.21. The van der Waals surface area contributed by atoms with E-state index in [0.717, 1.165) is 12.0 Å². The summed E-state index contributed by atoms with van der Waals surface area (Å²) in [6.07, 6.45) is 8.69. The molecule has 0 radical (unpaired) electrons. The van der Waals surface area contributed by atoms with E-state index in [-0.39, 0.29) is 0 Å². The lowest BCUT2D eigenvalue weighted by atomic mass is 9.93. The molecule has 1 N–H and O–H groups in total. The van der Waals surface area contributed by atoms with Crippen molar-refractivity contribution in [2.24, 2.45) is 5.92 Å². The Morgan fingerprint density at radius 2 is 2.36 bits per heavy atom. The van der Waals surface area contributed by atoms with Gasteiger partial charge in [-0.25, -0.2) is 0 Å². The minimum absolute atomic E-state index is 0.731. The quantitative estimate of drug-likeness (QED) is 0.672. The highest BCUT2D eigenvalue weighted by atomic mass is 15.2. The lowest BCUT2D eigenvalue weighted by molar-refractivity contribution is 0.144. The molecule has 0 amide bonds. The summed E-state index contributed by atoms with van der Waals surface area (Å²) in [7, 11) is 0. The van der Waals surface area contributed by atoms with Crippen LogP contribution >= 0.6 is 0 Å². The average molecular weight is 194 g/mol. The van der Waals surface area contributed by atoms with E-state index in [1.54, 1.807) is 0 Å². The van der Waals surface area contributed by atoms with E-state index in [0.29, 0.717) is 0 Å². The van der Waals surface area contributed by atoms with E-state index < -0.39 is 0 Å². The standard InChI is InChI=1S/C12H22N2/c1-11-9-13-7-8-14(11)10-12-5-3-2-4-6-12/h2-3,11-13H,4-10H2,1H3. The largest absolute Gasteiger partial charge is 0.314 e. The Labute approximate surface area is 87.4 Å². The first-order chi connectivity index (χ1) is 6.86. The molecular formula is C12H22N2. The van der Waals surface area contributed by atoms with Crippen LogP contribution in [0.15, 0.2) is 12.2 Å². The van der Waals surface area contributed by atoms with Crippen molar-refractivity contribution < 1.29 is 0 Å². The molecule has 1 heterocycles. The Balaban J connectivity index is 1.80. The lowest BCUT2D eigenvalue weighted by Gasteiger charge is -2.36. The van der Waals surface area contributed by atoms with Crippen molar-refractivity contribution in [3.8, 4) is 0 Å². The fraction of sp³-hybridized carbons (Fsp3) is 0.833. The van der Waals surface area contributed by atoms with Crippen LogP contribution in [0.4, 0.5) is 0 Å². The predicted octanol–water partition coefficient (Wildman–Crippen LogP) is 1.64. The smallest absolute Gasteiger partial charge is 0.0193 e. The molecule has 0 aromatic rings. The van der Waals surface area contributed by atoms with Crippen LogP contribution in [0, 0.1) is 5.92 Å². The maximum atomic E-state index is 3.45. The predicted molar refractivity (Wildman–Crippen MR) is 60.4 cm³/mol. The molecule has 2 unspecified atom stereocenters. The van der Waals surface area contributed by atoms with Gasteiger partial charge < -0.3 is 5.32 Å². The highest BCUT2D eigenvalue weighted by Crippen LogP contribution is 2.20. The zero-order valence-electron chi connectivity index (χ0n) is 9.21. The van der Waals surface area contributed by atoms with Gasteiger partial charge in [-0.1, -0.05) is 12.2 Å². The van der Waals surface area contributed by atoms with Crippen LogP contribution in [0.3, 0.4) is 0 Å². The first-order valence-corrected chi connectivity index (χ1v) is 5.96. The summed E-state index contributed by atoms with van der Waals surface area (Å²) in [5, 5.41) is 3.45. The molecule has 14 heavy (non-hydrogen) atoms. The normalized spacial score (nSPS) is 34.6. The van der Waals surface area contributed by atoms with Crippen molar-refractivity contribution >= 4 is 0 Å². The minimum atomic E-state index is 0.731. The number of allylic oxidation sites excluding steroid dienone is 2. The van der Waals surface area contributed by atoms with E-state index in [1.165, 1.54) is 45.4 Å². The van der Waals surface area contributed by atoms with E-state index in [4.69, 9.17) is 0 Å². The molecule has 0 saturated carbocycles. The number of nitrogens with zero attached hydrogens (tertiary/aromatic N) is 1. The Hall–Kier alpha value is -0.340. The van der Waals surface area contributed by atoms with Gasteiger partial charge in [-0.15, -0.1) is 0 Å². The fourth-order valence-electron chi connectivity index (χ4n) is 2.51. The molecule has 80 valence electrons. The third-order valence-corrected chi connectivity index (χ3v) is 3.51. The average Bonchev–Trinajstić information content (AvgIpc) is 2.23. The van der Waals surface area contributed by atoms with Crippen molar-refractivity contribution in [3.05, 3.63) is 12.2 Å². The number of hydrogen-bond donors (Lipinski definition) is 1. The van der Waals surface area contributed by atoms with Crippen LogP contribution in [0.2, 0.25) is 0 Å². The summed E-state index contributed by atoms with van der Waals surface area (Å²) in [6.45, 7) is 7.23. The van der Waals surface area contributed by atoms with Crippen molar-refractivity contribution in [2.75, 3.05) is 26.2 Å². The molecule has 0 bridgehead atoms. The second-order valence-electron chi connectivity index (χ2n) is 4.70. The minimum Gasteiger partial charge on any atom is -0.314 e. The van der Waals surface area contributed by atoms with Gasteiger partial charge in [0.15, 0.2) is 0 Å². The summed E-state index contributed by atoms with van der Waals surface area (Å²) < 4.78 is 0. The van der Waals surface area contributed by atoms with Crippen LogP contribution in [0.5, 0.6) is 0 Å². The summed E-state index contributed by atoms with van der Waals surface area (Å²) in [5.41, 5.74) is 0. The van der Waals surface area contributed by atoms with E-state index in [9.17, 15) is 0 Å². The highest BCUT2D eigenvalue weighted by Gasteiger charge is 2.21. The lowest BCUT2D eigenvalue weighted by Crippen LogP contribution is -2.51. The maximum absolute atomic E-state index is 3.45. The number of hydrogen-bond acceptors (Lipinski definition) is 2. The van der Waals surface area contributed by atoms with Gasteiger partial charge in [-0.2, -0.15) is 0 Å². The summed E-state index contributed by atoms with van der Waals surface area (Å²) in [6, 6.07) is 0.731. The molecule has 2 atom stereocenters. The molecule has 0 aromatic carbocycles. The summed E-state index contributed by atoms with van der Waals surface area (Å²) in [4.78, 5) is 2.65. The Bertz CT molecular complexity index is 200. The third kappa shape index (κ3) is 2.58. The van der Waals surface area contributed by atoms with Gasteiger partial charge in [0.2, 0.25) is 0 Å². The first-order valence-electron chi connectivity index (χ1n) is 5.96. The van der Waals surface area contributed by atoms with Gasteiger partial charge in [0.1, 0.15) is 0 Å². The Morgan fingerprint density at radius 3 is 3.07 bits per heavy atom. The van der Waals surface area contributed by atoms with E-state index in [1.807, 2.05) is 0 Å². The second kappa shape index (κ2) is 4.94. The summed E-state index contributed by atoms with van der Waals surface area (Å²) >= 11 is 0. The van der Waals surface area contributed by atoms with Crippen LogP contribution < -0.4 is 5.32 Å². The van der Waals surface area contributed by atoms with Gasteiger partial charge in [0.25, 0.3) is 0 Å². The monoisotopic (exact) mass is 194 g/mol. The second-order valence-corrected chi connectivity index (χ2v) is 4.70. The topological polar surface area (TPSA) is 15.3 Å². The number of rotatable bonds is 2. The van der Waals surface area contributed by atoms with E-state index in [2.05, 4.69) is 29.3 Å². The van der Waals surface area contributed by atoms with Crippen LogP contribution in [0.1, 0.15) is 26.2 Å². The van der Waals surface area contributed by atoms with Crippen molar-refractivity contribution in [1.29, 1.82) is 0 Å². The molecule has 1 aliphatic carbocycles. The zero-order chi connectivity index (χ0) is 9.80. The third-order valence-electron chi connectivity index (χ3n) is 3.51.